The van der Waals surface area contributed by atoms with E-state index in [2.05, 4.69) is 10.4 Å². The molecule has 0 spiro atoms. The number of alkyl halides is 3. The van der Waals surface area contributed by atoms with E-state index in [9.17, 15) is 13.2 Å². The summed E-state index contributed by atoms with van der Waals surface area (Å²) in [5, 5.41) is 1.56. The highest BCUT2D eigenvalue weighted by molar-refractivity contribution is 7.09. The van der Waals surface area contributed by atoms with Crippen molar-refractivity contribution in [1.29, 1.82) is 0 Å². The maximum atomic E-state index is 11.7. The summed E-state index contributed by atoms with van der Waals surface area (Å²) in [5.41, 5.74) is 0.289. The van der Waals surface area contributed by atoms with Crippen molar-refractivity contribution in [2.24, 2.45) is 0 Å². The fourth-order valence-corrected chi connectivity index (χ4v) is 1.03. The van der Waals surface area contributed by atoms with Gasteiger partial charge in [0.1, 0.15) is 0 Å². The Bertz CT molecular complexity index is 227. The van der Waals surface area contributed by atoms with Gasteiger partial charge in [0.2, 0.25) is 0 Å². The standard InChI is InChI=1S/C5H3F3NS/c1-3-2-10-4(9-3)5(6,7)8/h1H3. The molecule has 1 heterocycles. The second-order valence-corrected chi connectivity index (χ2v) is 2.50. The van der Waals surface area contributed by atoms with Gasteiger partial charge in [0.15, 0.2) is 5.01 Å². The molecule has 55 valence electrons. The van der Waals surface area contributed by atoms with Gasteiger partial charge in [-0.3, -0.25) is 0 Å². The predicted molar refractivity (Wildman–Crippen MR) is 30.7 cm³/mol. The first-order chi connectivity index (χ1) is 4.50. The lowest BCUT2D eigenvalue weighted by Gasteiger charge is -1.98. The average molecular weight is 166 g/mol. The van der Waals surface area contributed by atoms with Crippen molar-refractivity contribution < 1.29 is 13.2 Å². The smallest absolute Gasteiger partial charge is 0.237 e. The first kappa shape index (κ1) is 7.53. The Balaban J connectivity index is 2.96. The molecule has 1 aromatic rings. The van der Waals surface area contributed by atoms with Crippen molar-refractivity contribution in [3.63, 3.8) is 0 Å². The minimum absolute atomic E-state index is 0.289. The lowest BCUT2D eigenvalue weighted by molar-refractivity contribution is -0.137. The SMILES string of the molecule is Cc1[c]sc(C(F)(F)F)n1. The lowest BCUT2D eigenvalue weighted by atomic mass is 10.6. The highest BCUT2D eigenvalue weighted by atomic mass is 32.1. The molecule has 0 aromatic carbocycles. The second kappa shape index (κ2) is 2.23. The zero-order valence-electron chi connectivity index (χ0n) is 4.99. The minimum atomic E-state index is -4.31. The molecule has 1 radical (unpaired) electrons. The van der Waals surface area contributed by atoms with Gasteiger partial charge in [0, 0.05) is 0 Å². The molecular formula is C5H3F3NS. The summed E-state index contributed by atoms with van der Waals surface area (Å²) < 4.78 is 35.2. The van der Waals surface area contributed by atoms with Crippen LogP contribution < -0.4 is 0 Å². The molecule has 1 nitrogen and oxygen atoms in total. The molecule has 1 rings (SSSR count). The molecule has 0 aliphatic carbocycles. The molecular weight excluding hydrogens is 163 g/mol. The average Bonchev–Trinajstić information content (AvgIpc) is 2.11. The van der Waals surface area contributed by atoms with E-state index in [4.69, 9.17) is 0 Å². The zero-order chi connectivity index (χ0) is 7.78. The van der Waals surface area contributed by atoms with Gasteiger partial charge in [-0.25, -0.2) is 4.98 Å². The maximum Gasteiger partial charge on any atom is 0.443 e. The molecule has 10 heavy (non-hydrogen) atoms. The number of aryl methyl sites for hydroxylation is 1. The van der Waals surface area contributed by atoms with Crippen LogP contribution in [0.15, 0.2) is 0 Å². The summed E-state index contributed by atoms with van der Waals surface area (Å²) in [6, 6.07) is 0. The van der Waals surface area contributed by atoms with Crippen LogP contribution in [0.5, 0.6) is 0 Å². The van der Waals surface area contributed by atoms with Crippen LogP contribution >= 0.6 is 11.3 Å². The molecule has 0 saturated carbocycles. The summed E-state index contributed by atoms with van der Waals surface area (Å²) >= 11 is 0.495. The lowest BCUT2D eigenvalue weighted by Crippen LogP contribution is -2.03. The fraction of sp³-hybridized carbons (Fsp3) is 0.400. The van der Waals surface area contributed by atoms with E-state index in [1.54, 1.807) is 0 Å². The van der Waals surface area contributed by atoms with E-state index in [1.165, 1.54) is 6.92 Å². The highest BCUT2D eigenvalue weighted by Gasteiger charge is 2.34. The Hall–Kier alpha value is -0.580. The van der Waals surface area contributed by atoms with Crippen molar-refractivity contribution >= 4 is 11.3 Å². The topological polar surface area (TPSA) is 12.9 Å². The largest absolute Gasteiger partial charge is 0.443 e. The van der Waals surface area contributed by atoms with Gasteiger partial charge in [0.05, 0.1) is 11.1 Å². The molecule has 0 saturated heterocycles. The number of rotatable bonds is 0. The van der Waals surface area contributed by atoms with Gasteiger partial charge in [-0.15, -0.1) is 11.3 Å². The van der Waals surface area contributed by atoms with Gasteiger partial charge in [-0.05, 0) is 6.92 Å². The summed E-state index contributed by atoms with van der Waals surface area (Å²) in [4.78, 5) is 3.22. The maximum absolute atomic E-state index is 11.7. The van der Waals surface area contributed by atoms with Crippen LogP contribution in [0.1, 0.15) is 10.7 Å². The molecule has 1 aromatic heterocycles. The number of aromatic nitrogens is 1. The van der Waals surface area contributed by atoms with Gasteiger partial charge < -0.3 is 0 Å². The molecule has 0 amide bonds. The molecule has 0 atom stereocenters. The molecule has 5 heteroatoms. The first-order valence-electron chi connectivity index (χ1n) is 2.42. The van der Waals surface area contributed by atoms with E-state index < -0.39 is 11.2 Å². The molecule has 0 unspecified atom stereocenters. The number of hydrogen-bond acceptors (Lipinski definition) is 2. The van der Waals surface area contributed by atoms with Crippen LogP contribution in [0.25, 0.3) is 0 Å². The summed E-state index contributed by atoms with van der Waals surface area (Å²) in [6.07, 6.45) is -4.31. The third-order valence-corrected chi connectivity index (χ3v) is 1.72. The van der Waals surface area contributed by atoms with E-state index in [0.717, 1.165) is 0 Å². The normalized spacial score (nSPS) is 12.0. The summed E-state index contributed by atoms with van der Waals surface area (Å²) in [5.74, 6) is 0. The third-order valence-electron chi connectivity index (χ3n) is 0.807. The van der Waals surface area contributed by atoms with Gasteiger partial charge in [0.25, 0.3) is 0 Å². The Morgan fingerprint density at radius 3 is 2.30 bits per heavy atom. The van der Waals surface area contributed by atoms with Gasteiger partial charge in [-0.2, -0.15) is 13.2 Å². The molecule has 0 aliphatic heterocycles. The number of hydrogen-bond donors (Lipinski definition) is 0. The van der Waals surface area contributed by atoms with Crippen LogP contribution in [0.4, 0.5) is 13.2 Å². The van der Waals surface area contributed by atoms with E-state index in [1.807, 2.05) is 0 Å². The van der Waals surface area contributed by atoms with Crippen molar-refractivity contribution in [2.45, 2.75) is 13.1 Å². The van der Waals surface area contributed by atoms with Crippen LogP contribution in [0, 0.1) is 12.3 Å². The number of nitrogens with zero attached hydrogens (tertiary/aromatic N) is 1. The van der Waals surface area contributed by atoms with Crippen LogP contribution in [0.2, 0.25) is 0 Å². The monoisotopic (exact) mass is 166 g/mol. The van der Waals surface area contributed by atoms with Gasteiger partial charge >= 0.3 is 6.18 Å². The Morgan fingerprint density at radius 2 is 2.10 bits per heavy atom. The number of thiazole rings is 1. The minimum Gasteiger partial charge on any atom is -0.237 e. The fourth-order valence-electron chi connectivity index (χ4n) is 0.441. The molecule has 0 fully saturated rings. The highest BCUT2D eigenvalue weighted by Crippen LogP contribution is 2.30. The molecule has 0 bridgehead atoms. The van der Waals surface area contributed by atoms with E-state index in [-0.39, 0.29) is 5.69 Å². The summed E-state index contributed by atoms with van der Waals surface area (Å²) in [6.45, 7) is 1.48. The second-order valence-electron chi connectivity index (χ2n) is 1.70. The molecule has 0 aliphatic rings. The van der Waals surface area contributed by atoms with Crippen molar-refractivity contribution in [3.8, 4) is 0 Å². The number of halogens is 3. The van der Waals surface area contributed by atoms with E-state index >= 15 is 0 Å². The zero-order valence-corrected chi connectivity index (χ0v) is 5.81. The van der Waals surface area contributed by atoms with Crippen molar-refractivity contribution in [3.05, 3.63) is 16.1 Å². The third kappa shape index (κ3) is 1.47. The van der Waals surface area contributed by atoms with Crippen molar-refractivity contribution in [1.82, 2.24) is 4.98 Å². The van der Waals surface area contributed by atoms with E-state index in [0.29, 0.717) is 11.3 Å². The van der Waals surface area contributed by atoms with Crippen LogP contribution in [-0.4, -0.2) is 4.98 Å². The van der Waals surface area contributed by atoms with Crippen molar-refractivity contribution in [2.75, 3.05) is 0 Å². The van der Waals surface area contributed by atoms with Gasteiger partial charge in [-0.1, -0.05) is 0 Å². The Labute approximate surface area is 59.5 Å². The quantitative estimate of drug-likeness (QED) is 0.576. The van der Waals surface area contributed by atoms with Crippen LogP contribution in [0.3, 0.4) is 0 Å². The predicted octanol–water partition coefficient (Wildman–Crippen LogP) is 2.27. The van der Waals surface area contributed by atoms with Crippen LogP contribution in [-0.2, 0) is 6.18 Å². The first-order valence-corrected chi connectivity index (χ1v) is 3.24. The summed E-state index contributed by atoms with van der Waals surface area (Å²) in [7, 11) is 0. The Kier molecular flexibility index (Phi) is 1.68. The molecule has 0 N–H and O–H groups in total. The Morgan fingerprint density at radius 1 is 1.50 bits per heavy atom.